The molecule has 0 atom stereocenters. The highest BCUT2D eigenvalue weighted by molar-refractivity contribution is 5.93. The van der Waals surface area contributed by atoms with Crippen LogP contribution in [0.5, 0.6) is 5.75 Å². The van der Waals surface area contributed by atoms with Gasteiger partial charge in [-0.3, -0.25) is 9.59 Å². The van der Waals surface area contributed by atoms with Gasteiger partial charge in [0.15, 0.2) is 13.2 Å². The van der Waals surface area contributed by atoms with Crippen LogP contribution in [-0.4, -0.2) is 57.7 Å². The maximum Gasteiger partial charge on any atom is 0.344 e. The second-order valence-corrected chi connectivity index (χ2v) is 6.33. The molecule has 1 fully saturated rings. The van der Waals surface area contributed by atoms with Crippen molar-refractivity contribution in [3.05, 3.63) is 54.1 Å². The summed E-state index contributed by atoms with van der Waals surface area (Å²) in [5, 5.41) is 2.68. The van der Waals surface area contributed by atoms with Crippen LogP contribution in [0.4, 0.5) is 11.4 Å². The Bertz CT molecular complexity index is 829. The summed E-state index contributed by atoms with van der Waals surface area (Å²) in [6, 6.07) is 13.8. The molecule has 2 aromatic carbocycles. The van der Waals surface area contributed by atoms with E-state index in [-0.39, 0.29) is 6.61 Å². The summed E-state index contributed by atoms with van der Waals surface area (Å²) in [6.07, 6.45) is 0.715. The van der Waals surface area contributed by atoms with E-state index < -0.39 is 18.5 Å². The van der Waals surface area contributed by atoms with Crippen LogP contribution in [0.3, 0.4) is 0 Å². The molecule has 29 heavy (non-hydrogen) atoms. The van der Waals surface area contributed by atoms with E-state index >= 15 is 0 Å². The van der Waals surface area contributed by atoms with Crippen LogP contribution < -0.4 is 15.0 Å². The fourth-order valence-electron chi connectivity index (χ4n) is 2.75. The predicted molar refractivity (Wildman–Crippen MR) is 106 cm³/mol. The van der Waals surface area contributed by atoms with E-state index in [1.807, 2.05) is 12.1 Å². The number of rotatable bonds is 8. The van der Waals surface area contributed by atoms with Crippen LogP contribution in [0.25, 0.3) is 0 Å². The van der Waals surface area contributed by atoms with Gasteiger partial charge in [-0.05, 0) is 48.5 Å². The number of amides is 1. The third kappa shape index (κ3) is 6.32. The molecule has 8 heteroatoms. The van der Waals surface area contributed by atoms with Gasteiger partial charge in [-0.2, -0.15) is 0 Å². The summed E-state index contributed by atoms with van der Waals surface area (Å²) >= 11 is 0. The number of anilines is 2. The molecule has 2 aromatic rings. The van der Waals surface area contributed by atoms with E-state index in [4.69, 9.17) is 14.2 Å². The molecule has 1 aliphatic rings. The van der Waals surface area contributed by atoms with Crippen molar-refractivity contribution >= 4 is 29.5 Å². The van der Waals surface area contributed by atoms with Crippen molar-refractivity contribution < 1.29 is 28.6 Å². The zero-order valence-electron chi connectivity index (χ0n) is 15.8. The van der Waals surface area contributed by atoms with Gasteiger partial charge in [-0.25, -0.2) is 4.79 Å². The lowest BCUT2D eigenvalue weighted by molar-refractivity contribution is -0.149. The van der Waals surface area contributed by atoms with Gasteiger partial charge in [0.2, 0.25) is 0 Å². The Morgan fingerprint density at radius 2 is 1.69 bits per heavy atom. The minimum absolute atomic E-state index is 0.331. The van der Waals surface area contributed by atoms with Crippen molar-refractivity contribution in [1.29, 1.82) is 0 Å². The minimum atomic E-state index is -0.665. The fraction of sp³-hybridized carbons (Fsp3) is 0.286. The second kappa shape index (κ2) is 10.2. The van der Waals surface area contributed by atoms with Crippen LogP contribution >= 0.6 is 0 Å². The van der Waals surface area contributed by atoms with Crippen molar-refractivity contribution in [3.63, 3.8) is 0 Å². The fourth-order valence-corrected chi connectivity index (χ4v) is 2.75. The molecule has 0 radical (unpaired) electrons. The van der Waals surface area contributed by atoms with Gasteiger partial charge in [-0.1, -0.05) is 0 Å². The first-order valence-corrected chi connectivity index (χ1v) is 9.20. The van der Waals surface area contributed by atoms with Gasteiger partial charge in [0, 0.05) is 30.0 Å². The third-order valence-electron chi connectivity index (χ3n) is 4.26. The zero-order valence-corrected chi connectivity index (χ0v) is 15.8. The monoisotopic (exact) mass is 398 g/mol. The van der Waals surface area contributed by atoms with Gasteiger partial charge in [0.1, 0.15) is 12.0 Å². The molecule has 152 valence electrons. The summed E-state index contributed by atoms with van der Waals surface area (Å²) < 4.78 is 15.5. The van der Waals surface area contributed by atoms with E-state index in [1.54, 1.807) is 36.4 Å². The Hall–Kier alpha value is -3.39. The summed E-state index contributed by atoms with van der Waals surface area (Å²) in [7, 11) is 0. The zero-order chi connectivity index (χ0) is 20.5. The lowest BCUT2D eigenvalue weighted by Crippen LogP contribution is -2.36. The first kappa shape index (κ1) is 20.3. The third-order valence-corrected chi connectivity index (χ3v) is 4.26. The van der Waals surface area contributed by atoms with Gasteiger partial charge in [0.05, 0.1) is 13.2 Å². The summed E-state index contributed by atoms with van der Waals surface area (Å²) in [5.41, 5.74) is 2.19. The molecule has 1 saturated heterocycles. The van der Waals surface area contributed by atoms with Gasteiger partial charge in [0.25, 0.3) is 5.91 Å². The number of hydrogen-bond donors (Lipinski definition) is 1. The molecule has 0 bridgehead atoms. The average molecular weight is 398 g/mol. The van der Waals surface area contributed by atoms with Crippen molar-refractivity contribution in [2.45, 2.75) is 0 Å². The van der Waals surface area contributed by atoms with Crippen LogP contribution in [0.2, 0.25) is 0 Å². The van der Waals surface area contributed by atoms with Crippen molar-refractivity contribution in [3.8, 4) is 5.75 Å². The molecule has 0 aromatic heterocycles. The highest BCUT2D eigenvalue weighted by Crippen LogP contribution is 2.19. The summed E-state index contributed by atoms with van der Waals surface area (Å²) in [6.45, 7) is 2.35. The molecule has 3 rings (SSSR count). The molecular weight excluding hydrogens is 376 g/mol. The minimum Gasteiger partial charge on any atom is -0.482 e. The van der Waals surface area contributed by atoms with Gasteiger partial charge < -0.3 is 24.4 Å². The number of carbonyl (C=O) groups is 3. The van der Waals surface area contributed by atoms with Crippen LogP contribution in [-0.2, 0) is 19.1 Å². The highest BCUT2D eigenvalue weighted by Gasteiger charge is 2.12. The first-order valence-electron chi connectivity index (χ1n) is 9.20. The lowest BCUT2D eigenvalue weighted by atomic mass is 10.2. The second-order valence-electron chi connectivity index (χ2n) is 6.33. The number of nitrogens with one attached hydrogen (secondary N) is 1. The molecule has 1 heterocycles. The van der Waals surface area contributed by atoms with Crippen molar-refractivity contribution in [1.82, 2.24) is 0 Å². The first-order chi connectivity index (χ1) is 14.1. The smallest absolute Gasteiger partial charge is 0.344 e. The number of carbonyl (C=O) groups excluding carboxylic acids is 3. The standard InChI is InChI=1S/C21H22N2O6/c24-13-16-1-7-19(8-2-16)28-15-21(26)29-14-20(25)22-17-3-5-18(6-4-17)23-9-11-27-12-10-23/h1-8,13H,9-12,14-15H2,(H,22,25). The number of nitrogens with zero attached hydrogens (tertiary/aromatic N) is 1. The highest BCUT2D eigenvalue weighted by atomic mass is 16.6. The molecule has 0 aliphatic carbocycles. The maximum atomic E-state index is 12.0. The number of esters is 1. The van der Waals surface area contributed by atoms with Crippen LogP contribution in [0, 0.1) is 0 Å². The van der Waals surface area contributed by atoms with Crippen LogP contribution in [0.1, 0.15) is 10.4 Å². The number of ether oxygens (including phenoxy) is 3. The Labute approximate surface area is 168 Å². The molecule has 1 amide bonds. The largest absolute Gasteiger partial charge is 0.482 e. The van der Waals surface area contributed by atoms with Crippen molar-refractivity contribution in [2.75, 3.05) is 49.7 Å². The van der Waals surface area contributed by atoms with E-state index in [0.717, 1.165) is 18.8 Å². The van der Waals surface area contributed by atoms with Crippen molar-refractivity contribution in [2.24, 2.45) is 0 Å². The molecule has 0 spiro atoms. The predicted octanol–water partition coefficient (Wildman–Crippen LogP) is 1.90. The molecule has 1 N–H and O–H groups in total. The number of morpholine rings is 1. The quantitative estimate of drug-likeness (QED) is 0.536. The number of aldehydes is 1. The Morgan fingerprint density at radius 1 is 1.00 bits per heavy atom. The van der Waals surface area contributed by atoms with E-state index in [2.05, 4.69) is 10.2 Å². The van der Waals surface area contributed by atoms with Crippen LogP contribution in [0.15, 0.2) is 48.5 Å². The summed E-state index contributed by atoms with van der Waals surface area (Å²) in [5.74, 6) is -0.674. The molecule has 0 unspecified atom stereocenters. The molecule has 1 aliphatic heterocycles. The molecule has 0 saturated carbocycles. The maximum absolute atomic E-state index is 12.0. The summed E-state index contributed by atoms with van der Waals surface area (Å²) in [4.78, 5) is 36.5. The topological polar surface area (TPSA) is 94.2 Å². The Balaban J connectivity index is 1.38. The van der Waals surface area contributed by atoms with E-state index in [1.165, 1.54) is 0 Å². The van der Waals surface area contributed by atoms with Gasteiger partial charge in [-0.15, -0.1) is 0 Å². The van der Waals surface area contributed by atoms with E-state index in [0.29, 0.717) is 36.5 Å². The van der Waals surface area contributed by atoms with Gasteiger partial charge >= 0.3 is 5.97 Å². The number of benzene rings is 2. The molecular formula is C21H22N2O6. The SMILES string of the molecule is O=Cc1ccc(OCC(=O)OCC(=O)Nc2ccc(N3CCOCC3)cc2)cc1. The number of hydrogen-bond acceptors (Lipinski definition) is 7. The normalized spacial score (nSPS) is 13.4. The molecule has 8 nitrogen and oxygen atoms in total. The lowest BCUT2D eigenvalue weighted by Gasteiger charge is -2.28. The Morgan fingerprint density at radius 3 is 2.34 bits per heavy atom. The Kier molecular flexibility index (Phi) is 7.18. The van der Waals surface area contributed by atoms with E-state index in [9.17, 15) is 14.4 Å². The average Bonchev–Trinajstić information content (AvgIpc) is 2.78.